The average Bonchev–Trinajstić information content (AvgIpc) is 3.55. The molecule has 0 unspecified atom stereocenters. The van der Waals surface area contributed by atoms with Crippen molar-refractivity contribution in [3.63, 3.8) is 0 Å². The predicted molar refractivity (Wildman–Crippen MR) is 186 cm³/mol. The van der Waals surface area contributed by atoms with Gasteiger partial charge in [-0.1, -0.05) is 85.0 Å². The molecule has 12 heteroatoms. The van der Waals surface area contributed by atoms with Gasteiger partial charge in [-0.15, -0.1) is 0 Å². The summed E-state index contributed by atoms with van der Waals surface area (Å²) in [5, 5.41) is 13.9. The van der Waals surface area contributed by atoms with Gasteiger partial charge >= 0.3 is 5.97 Å². The number of carbonyl (C=O) groups is 4. The van der Waals surface area contributed by atoms with Crippen LogP contribution in [-0.2, 0) is 39.8 Å². The summed E-state index contributed by atoms with van der Waals surface area (Å²) in [4.78, 5) is 62.5. The summed E-state index contributed by atoms with van der Waals surface area (Å²) >= 11 is 0. The Bertz CT molecular complexity index is 1630. The van der Waals surface area contributed by atoms with Crippen molar-refractivity contribution in [2.24, 2.45) is 11.8 Å². The van der Waals surface area contributed by atoms with E-state index in [1.54, 1.807) is 17.1 Å². The number of morpholine rings is 1. The number of aliphatic hydroxyl groups is 1. The average molecular weight is 699 g/mol. The second-order valence-electron chi connectivity index (χ2n) is 13.9. The van der Waals surface area contributed by atoms with E-state index in [0.29, 0.717) is 45.7 Å². The highest BCUT2D eigenvalue weighted by atomic mass is 16.5. The van der Waals surface area contributed by atoms with Gasteiger partial charge in [-0.3, -0.25) is 24.1 Å². The van der Waals surface area contributed by atoms with Crippen LogP contribution in [0.1, 0.15) is 30.0 Å². The Balaban J connectivity index is 1.27. The van der Waals surface area contributed by atoms with Gasteiger partial charge in [0.25, 0.3) is 0 Å². The molecule has 5 aliphatic heterocycles. The molecular formula is C39H46N4O8. The monoisotopic (exact) mass is 698 g/mol. The lowest BCUT2D eigenvalue weighted by Gasteiger charge is -2.39. The first-order chi connectivity index (χ1) is 24.9. The molecule has 2 aromatic carbocycles. The number of hydrogen-bond acceptors (Lipinski definition) is 9. The van der Waals surface area contributed by atoms with E-state index in [4.69, 9.17) is 14.2 Å². The number of ether oxygens (including phenoxy) is 3. The minimum absolute atomic E-state index is 0.0742. The topological polar surface area (TPSA) is 138 Å². The second kappa shape index (κ2) is 15.5. The Morgan fingerprint density at radius 3 is 2.41 bits per heavy atom. The van der Waals surface area contributed by atoms with Crippen LogP contribution in [0.15, 0.2) is 85.0 Å². The molecular weight excluding hydrogens is 652 g/mol. The Morgan fingerprint density at radius 1 is 0.922 bits per heavy atom. The number of aliphatic hydroxyl groups excluding tert-OH is 1. The van der Waals surface area contributed by atoms with Gasteiger partial charge in [-0.2, -0.15) is 0 Å². The van der Waals surface area contributed by atoms with Crippen LogP contribution < -0.4 is 5.32 Å². The van der Waals surface area contributed by atoms with Crippen LogP contribution >= 0.6 is 0 Å². The zero-order valence-electron chi connectivity index (χ0n) is 28.7. The van der Waals surface area contributed by atoms with E-state index in [0.717, 1.165) is 24.2 Å². The number of carbonyl (C=O) groups excluding carboxylic acids is 4. The number of likely N-dealkylation sites (tertiary alicyclic amines) is 1. The van der Waals surface area contributed by atoms with Crippen molar-refractivity contribution in [2.45, 2.75) is 49.1 Å². The third-order valence-corrected chi connectivity index (χ3v) is 10.8. The fourth-order valence-electron chi connectivity index (χ4n) is 8.24. The number of benzene rings is 2. The third-order valence-electron chi connectivity index (χ3n) is 10.8. The normalized spacial score (nSPS) is 31.4. The van der Waals surface area contributed by atoms with Gasteiger partial charge in [-0.25, -0.2) is 0 Å². The molecule has 3 amide bonds. The van der Waals surface area contributed by atoms with Gasteiger partial charge in [0.15, 0.2) is 0 Å². The number of fused-ring (bicyclic) bond motifs is 2. The molecule has 3 fully saturated rings. The highest BCUT2D eigenvalue weighted by Gasteiger charge is 2.72. The van der Waals surface area contributed by atoms with Gasteiger partial charge in [0.2, 0.25) is 17.7 Å². The second-order valence-corrected chi connectivity index (χ2v) is 13.9. The molecule has 12 nitrogen and oxygen atoms in total. The summed E-state index contributed by atoms with van der Waals surface area (Å²) in [6.45, 7) is 3.76. The SMILES string of the molecule is O=C1CC/C=C\[C@H]2O[C@]34C=CCN(CCN5CCOCC5)C(=O)[C@H]3N([C@@H](CO)Cc3ccccc3)C(=O)[C@@H]4[C@H]2C(=O)N[C@H](c2ccccc2)CO1. The van der Waals surface area contributed by atoms with E-state index in [-0.39, 0.29) is 31.5 Å². The molecule has 0 aliphatic carbocycles. The number of nitrogens with zero attached hydrogens (tertiary/aromatic N) is 3. The van der Waals surface area contributed by atoms with E-state index in [9.17, 15) is 19.5 Å². The van der Waals surface area contributed by atoms with Crippen molar-refractivity contribution in [3.8, 4) is 0 Å². The van der Waals surface area contributed by atoms with Gasteiger partial charge in [0, 0.05) is 39.1 Å². The van der Waals surface area contributed by atoms with Crippen LogP contribution in [0.4, 0.5) is 0 Å². The lowest BCUT2D eigenvalue weighted by atomic mass is 9.77. The first-order valence-corrected chi connectivity index (χ1v) is 18.0. The van der Waals surface area contributed by atoms with Crippen LogP contribution in [-0.4, -0.2) is 126 Å². The predicted octanol–water partition coefficient (Wildman–Crippen LogP) is 1.65. The summed E-state index contributed by atoms with van der Waals surface area (Å²) in [6.07, 6.45) is 7.17. The van der Waals surface area contributed by atoms with E-state index in [1.165, 1.54) is 4.90 Å². The number of allylic oxidation sites excluding steroid dienone is 1. The fraction of sp³-hybridized carbons (Fsp3) is 0.487. The number of esters is 1. The summed E-state index contributed by atoms with van der Waals surface area (Å²) in [5.74, 6) is -3.57. The molecule has 7 atom stereocenters. The van der Waals surface area contributed by atoms with Crippen molar-refractivity contribution < 1.29 is 38.5 Å². The van der Waals surface area contributed by atoms with Crippen molar-refractivity contribution in [3.05, 3.63) is 96.1 Å². The summed E-state index contributed by atoms with van der Waals surface area (Å²) < 4.78 is 18.0. The Kier molecular flexibility index (Phi) is 10.6. The minimum Gasteiger partial charge on any atom is -0.463 e. The lowest BCUT2D eigenvalue weighted by Crippen LogP contribution is -2.59. The molecule has 0 radical (unpaired) electrons. The van der Waals surface area contributed by atoms with E-state index in [1.807, 2.05) is 72.8 Å². The van der Waals surface area contributed by atoms with Gasteiger partial charge < -0.3 is 34.4 Å². The number of rotatable bonds is 8. The Hall–Kier alpha value is -4.36. The van der Waals surface area contributed by atoms with Gasteiger partial charge in [0.05, 0.1) is 49.8 Å². The summed E-state index contributed by atoms with van der Waals surface area (Å²) in [5.41, 5.74) is 0.178. The zero-order chi connectivity index (χ0) is 35.4. The van der Waals surface area contributed by atoms with Crippen molar-refractivity contribution in [2.75, 3.05) is 59.2 Å². The third kappa shape index (κ3) is 7.10. The molecule has 5 heterocycles. The smallest absolute Gasteiger partial charge is 0.306 e. The van der Waals surface area contributed by atoms with Crippen LogP contribution in [0.25, 0.3) is 0 Å². The number of cyclic esters (lactones) is 1. The summed E-state index contributed by atoms with van der Waals surface area (Å²) in [7, 11) is 0. The molecule has 51 heavy (non-hydrogen) atoms. The highest BCUT2D eigenvalue weighted by molar-refractivity contribution is 6.00. The number of nitrogens with one attached hydrogen (secondary N) is 1. The van der Waals surface area contributed by atoms with Crippen molar-refractivity contribution >= 4 is 23.7 Å². The molecule has 3 saturated heterocycles. The first-order valence-electron chi connectivity index (χ1n) is 18.0. The fourth-order valence-corrected chi connectivity index (χ4v) is 8.24. The van der Waals surface area contributed by atoms with Crippen LogP contribution in [0.2, 0.25) is 0 Å². The Morgan fingerprint density at radius 2 is 1.67 bits per heavy atom. The maximum atomic E-state index is 15.0. The highest BCUT2D eigenvalue weighted by Crippen LogP contribution is 2.53. The molecule has 0 bridgehead atoms. The molecule has 1 spiro atoms. The minimum atomic E-state index is -1.47. The first kappa shape index (κ1) is 35.1. The molecule has 2 N–H and O–H groups in total. The van der Waals surface area contributed by atoms with Crippen LogP contribution in [0.3, 0.4) is 0 Å². The molecule has 7 rings (SSSR count). The molecule has 5 aliphatic rings. The Labute approximate surface area is 298 Å². The van der Waals surface area contributed by atoms with Gasteiger partial charge in [-0.05, 0) is 24.0 Å². The van der Waals surface area contributed by atoms with E-state index < -0.39 is 53.5 Å². The maximum Gasteiger partial charge on any atom is 0.306 e. The number of amides is 3. The lowest BCUT2D eigenvalue weighted by molar-refractivity contribution is -0.151. The van der Waals surface area contributed by atoms with E-state index in [2.05, 4.69) is 10.2 Å². The summed E-state index contributed by atoms with van der Waals surface area (Å²) in [6, 6.07) is 16.3. The molecule has 270 valence electrons. The standard InChI is InChI=1S/C39H46N4O8/c44-25-29(24-27-10-3-1-4-11-27)43-35-38(48)42(19-18-41-20-22-49-23-21-41)17-9-16-39(35)34(37(43)47)33-31(51-39)14-7-8-15-32(45)50-26-30(40-36(33)46)28-12-5-2-6-13-28/h1-7,9-14,16,29-31,33-35,44H,8,15,17-26H2,(H,40,46)/b14-7-/t29-,30+,31-,33+,34+,35-,39+/m1/s1. The largest absolute Gasteiger partial charge is 0.463 e. The zero-order valence-corrected chi connectivity index (χ0v) is 28.7. The van der Waals surface area contributed by atoms with Crippen LogP contribution in [0.5, 0.6) is 0 Å². The maximum absolute atomic E-state index is 15.0. The molecule has 0 saturated carbocycles. The number of hydrogen-bond donors (Lipinski definition) is 2. The van der Waals surface area contributed by atoms with Crippen molar-refractivity contribution in [1.82, 2.24) is 20.0 Å². The van der Waals surface area contributed by atoms with Crippen molar-refractivity contribution in [1.29, 1.82) is 0 Å². The van der Waals surface area contributed by atoms with Crippen LogP contribution in [0, 0.1) is 11.8 Å². The molecule has 2 aromatic rings. The molecule has 0 aromatic heterocycles. The van der Waals surface area contributed by atoms with E-state index >= 15 is 4.79 Å². The quantitative estimate of drug-likeness (QED) is 0.312. The van der Waals surface area contributed by atoms with Gasteiger partial charge in [0.1, 0.15) is 18.2 Å².